The molecule has 0 aliphatic rings. The Balaban J connectivity index is 0.00000106. The van der Waals surface area contributed by atoms with Gasteiger partial charge in [-0.3, -0.25) is 4.98 Å². The maximum Gasteiger partial charge on any atom is 0.0407 e. The number of aryl methyl sites for hydroxylation is 1. The zero-order valence-electron chi connectivity index (χ0n) is 12.0. The molecule has 1 aromatic rings. The Morgan fingerprint density at radius 2 is 1.56 bits per heavy atom. The van der Waals surface area contributed by atoms with Crippen LogP contribution in [0.2, 0.25) is 0 Å². The highest BCUT2D eigenvalue weighted by atomic mass is 14.7. The van der Waals surface area contributed by atoms with Crippen molar-refractivity contribution in [2.24, 2.45) is 0 Å². The molecule has 0 aliphatic carbocycles. The number of hydrogen-bond acceptors (Lipinski definition) is 1. The van der Waals surface area contributed by atoms with E-state index in [-0.39, 0.29) is 0 Å². The smallest absolute Gasteiger partial charge is 0.0407 e. The SMILES string of the molecule is CC.CCc1c(C(C)C)cnc(C)c1CC. The van der Waals surface area contributed by atoms with Gasteiger partial charge in [-0.05, 0) is 42.4 Å². The number of pyridine rings is 1. The van der Waals surface area contributed by atoms with Gasteiger partial charge in [0.25, 0.3) is 0 Å². The summed E-state index contributed by atoms with van der Waals surface area (Å²) in [7, 11) is 0. The summed E-state index contributed by atoms with van der Waals surface area (Å²) in [5.41, 5.74) is 5.61. The topological polar surface area (TPSA) is 12.9 Å². The molecule has 92 valence electrons. The fourth-order valence-corrected chi connectivity index (χ4v) is 2.10. The van der Waals surface area contributed by atoms with Gasteiger partial charge in [0.15, 0.2) is 0 Å². The summed E-state index contributed by atoms with van der Waals surface area (Å²) in [6.45, 7) is 15.0. The predicted octanol–water partition coefficient (Wildman–Crippen LogP) is 4.66. The van der Waals surface area contributed by atoms with Crippen molar-refractivity contribution in [1.82, 2.24) is 4.98 Å². The van der Waals surface area contributed by atoms with Crippen LogP contribution in [-0.4, -0.2) is 4.98 Å². The first-order chi connectivity index (χ1) is 7.61. The number of rotatable bonds is 3. The molecule has 1 rings (SSSR count). The molecule has 1 aromatic heterocycles. The normalized spacial score (nSPS) is 10.0. The van der Waals surface area contributed by atoms with Crippen molar-refractivity contribution in [3.63, 3.8) is 0 Å². The van der Waals surface area contributed by atoms with Crippen LogP contribution in [0.4, 0.5) is 0 Å². The zero-order chi connectivity index (χ0) is 12.7. The van der Waals surface area contributed by atoms with Crippen molar-refractivity contribution < 1.29 is 0 Å². The van der Waals surface area contributed by atoms with E-state index in [0.29, 0.717) is 5.92 Å². The Morgan fingerprint density at radius 3 is 1.94 bits per heavy atom. The number of nitrogens with zero attached hydrogens (tertiary/aromatic N) is 1. The van der Waals surface area contributed by atoms with Crippen molar-refractivity contribution in [1.29, 1.82) is 0 Å². The number of aromatic nitrogens is 1. The maximum absolute atomic E-state index is 4.48. The molecule has 0 N–H and O–H groups in total. The average molecular weight is 221 g/mol. The fraction of sp³-hybridized carbons (Fsp3) is 0.667. The first-order valence-electron chi connectivity index (χ1n) is 6.59. The van der Waals surface area contributed by atoms with Gasteiger partial charge in [-0.1, -0.05) is 41.5 Å². The molecule has 16 heavy (non-hydrogen) atoms. The Hall–Kier alpha value is -0.850. The van der Waals surface area contributed by atoms with Crippen LogP contribution < -0.4 is 0 Å². The summed E-state index contributed by atoms with van der Waals surface area (Å²) < 4.78 is 0. The van der Waals surface area contributed by atoms with Gasteiger partial charge in [0, 0.05) is 11.9 Å². The molecular formula is C15H27N. The molecule has 0 amide bonds. The Labute approximate surface area is 101 Å². The van der Waals surface area contributed by atoms with Crippen molar-refractivity contribution in [3.05, 3.63) is 28.6 Å². The largest absolute Gasteiger partial charge is 0.261 e. The highest BCUT2D eigenvalue weighted by molar-refractivity contribution is 5.37. The quantitative estimate of drug-likeness (QED) is 0.723. The van der Waals surface area contributed by atoms with E-state index in [4.69, 9.17) is 0 Å². The minimum absolute atomic E-state index is 0.586. The average Bonchev–Trinajstić information content (AvgIpc) is 2.30. The molecule has 1 heteroatoms. The fourth-order valence-electron chi connectivity index (χ4n) is 2.10. The van der Waals surface area contributed by atoms with Crippen LogP contribution in [0.5, 0.6) is 0 Å². The standard InChI is InChI=1S/C13H21N.C2H6/c1-6-11-10(5)14-8-13(9(3)4)12(11)7-2;1-2/h8-9H,6-7H2,1-5H3;1-2H3. The molecule has 1 heterocycles. The molecule has 0 bridgehead atoms. The molecule has 0 aromatic carbocycles. The van der Waals surface area contributed by atoms with Crippen molar-refractivity contribution in [2.75, 3.05) is 0 Å². The third-order valence-electron chi connectivity index (χ3n) is 2.88. The lowest BCUT2D eigenvalue weighted by Gasteiger charge is -2.16. The van der Waals surface area contributed by atoms with Crippen LogP contribution in [0.25, 0.3) is 0 Å². The van der Waals surface area contributed by atoms with Gasteiger partial charge in [-0.25, -0.2) is 0 Å². The second kappa shape index (κ2) is 7.43. The summed E-state index contributed by atoms with van der Waals surface area (Å²) >= 11 is 0. The van der Waals surface area contributed by atoms with Crippen LogP contribution in [-0.2, 0) is 12.8 Å². The van der Waals surface area contributed by atoms with Crippen molar-refractivity contribution in [3.8, 4) is 0 Å². The molecule has 0 radical (unpaired) electrons. The monoisotopic (exact) mass is 221 g/mol. The van der Waals surface area contributed by atoms with E-state index in [9.17, 15) is 0 Å². The summed E-state index contributed by atoms with van der Waals surface area (Å²) in [4.78, 5) is 4.48. The molecule has 0 saturated carbocycles. The first-order valence-corrected chi connectivity index (χ1v) is 6.59. The van der Waals surface area contributed by atoms with E-state index in [0.717, 1.165) is 12.8 Å². The van der Waals surface area contributed by atoms with Gasteiger partial charge in [0.1, 0.15) is 0 Å². The van der Waals surface area contributed by atoms with Crippen LogP contribution in [0, 0.1) is 6.92 Å². The second-order valence-electron chi connectivity index (χ2n) is 4.12. The lowest BCUT2D eigenvalue weighted by Crippen LogP contribution is -2.04. The highest BCUT2D eigenvalue weighted by Crippen LogP contribution is 2.24. The van der Waals surface area contributed by atoms with Gasteiger partial charge in [0.2, 0.25) is 0 Å². The zero-order valence-corrected chi connectivity index (χ0v) is 12.0. The Kier molecular flexibility index (Phi) is 7.03. The molecule has 0 atom stereocenters. The molecule has 1 nitrogen and oxygen atoms in total. The van der Waals surface area contributed by atoms with Gasteiger partial charge in [-0.15, -0.1) is 0 Å². The third-order valence-corrected chi connectivity index (χ3v) is 2.88. The van der Waals surface area contributed by atoms with Crippen LogP contribution in [0.1, 0.15) is 69.8 Å². The van der Waals surface area contributed by atoms with E-state index in [1.54, 1.807) is 0 Å². The van der Waals surface area contributed by atoms with Crippen molar-refractivity contribution in [2.45, 2.75) is 67.2 Å². The van der Waals surface area contributed by atoms with Gasteiger partial charge >= 0.3 is 0 Å². The summed E-state index contributed by atoms with van der Waals surface area (Å²) in [6.07, 6.45) is 4.28. The summed E-state index contributed by atoms with van der Waals surface area (Å²) in [5.74, 6) is 0.586. The van der Waals surface area contributed by atoms with Crippen molar-refractivity contribution >= 4 is 0 Å². The molecule has 0 fully saturated rings. The Bertz CT molecular complexity index is 313. The maximum atomic E-state index is 4.48. The van der Waals surface area contributed by atoms with E-state index in [1.165, 1.54) is 22.4 Å². The van der Waals surface area contributed by atoms with Gasteiger partial charge in [0.05, 0.1) is 0 Å². The molecular weight excluding hydrogens is 194 g/mol. The van der Waals surface area contributed by atoms with Crippen LogP contribution in [0.15, 0.2) is 6.20 Å². The minimum Gasteiger partial charge on any atom is -0.261 e. The van der Waals surface area contributed by atoms with Gasteiger partial charge < -0.3 is 0 Å². The molecule has 0 spiro atoms. The highest BCUT2D eigenvalue weighted by Gasteiger charge is 2.11. The summed E-state index contributed by atoms with van der Waals surface area (Å²) in [6, 6.07) is 0. The lowest BCUT2D eigenvalue weighted by atomic mass is 9.92. The van der Waals surface area contributed by atoms with Crippen LogP contribution >= 0.6 is 0 Å². The number of hydrogen-bond donors (Lipinski definition) is 0. The molecule has 0 saturated heterocycles. The van der Waals surface area contributed by atoms with Crippen LogP contribution in [0.3, 0.4) is 0 Å². The van der Waals surface area contributed by atoms with E-state index in [2.05, 4.69) is 45.8 Å². The first kappa shape index (κ1) is 15.2. The molecule has 0 aliphatic heterocycles. The predicted molar refractivity (Wildman–Crippen MR) is 73.2 cm³/mol. The summed E-state index contributed by atoms with van der Waals surface area (Å²) in [5, 5.41) is 0. The van der Waals surface area contributed by atoms with E-state index >= 15 is 0 Å². The lowest BCUT2D eigenvalue weighted by molar-refractivity contribution is 0.817. The third kappa shape index (κ3) is 3.33. The Morgan fingerprint density at radius 1 is 1.06 bits per heavy atom. The second-order valence-corrected chi connectivity index (χ2v) is 4.12. The van der Waals surface area contributed by atoms with E-state index < -0.39 is 0 Å². The minimum atomic E-state index is 0.586. The van der Waals surface area contributed by atoms with E-state index in [1.807, 2.05) is 13.8 Å². The molecule has 0 unspecified atom stereocenters. The van der Waals surface area contributed by atoms with Gasteiger partial charge in [-0.2, -0.15) is 0 Å².